The first-order chi connectivity index (χ1) is 11.0. The Hall–Kier alpha value is -1.81. The Morgan fingerprint density at radius 2 is 2.09 bits per heavy atom. The number of aryl methyl sites for hydroxylation is 2. The molecule has 1 heterocycles. The fourth-order valence-corrected chi connectivity index (χ4v) is 2.91. The molecule has 0 amide bonds. The average molecular weight is 314 g/mol. The average Bonchev–Trinajstić information content (AvgIpc) is 2.88. The minimum Gasteiger partial charge on any atom is -0.371 e. The molecule has 1 N–H and O–H groups in total. The van der Waals surface area contributed by atoms with Crippen molar-refractivity contribution in [2.24, 2.45) is 7.05 Å². The van der Waals surface area contributed by atoms with Crippen molar-refractivity contribution < 1.29 is 0 Å². The maximum Gasteiger partial charge on any atom is 0.0694 e. The van der Waals surface area contributed by atoms with Gasteiger partial charge >= 0.3 is 0 Å². The van der Waals surface area contributed by atoms with Crippen molar-refractivity contribution in [1.29, 1.82) is 0 Å². The zero-order valence-electron chi connectivity index (χ0n) is 15.1. The van der Waals surface area contributed by atoms with E-state index < -0.39 is 0 Å². The molecule has 0 aliphatic carbocycles. The summed E-state index contributed by atoms with van der Waals surface area (Å²) in [6, 6.07) is 8.71. The highest BCUT2D eigenvalue weighted by Crippen LogP contribution is 2.17. The van der Waals surface area contributed by atoms with Gasteiger partial charge in [0.05, 0.1) is 5.69 Å². The third-order valence-electron chi connectivity index (χ3n) is 4.11. The highest BCUT2D eigenvalue weighted by atomic mass is 15.3. The lowest BCUT2D eigenvalue weighted by Gasteiger charge is -2.23. The molecule has 23 heavy (non-hydrogen) atoms. The van der Waals surface area contributed by atoms with E-state index in [1.165, 1.54) is 22.5 Å². The second-order valence-electron chi connectivity index (χ2n) is 6.46. The topological polar surface area (TPSA) is 33.1 Å². The van der Waals surface area contributed by atoms with Crippen molar-refractivity contribution in [2.75, 3.05) is 24.5 Å². The Morgan fingerprint density at radius 1 is 1.30 bits per heavy atom. The number of hydrogen-bond donors (Lipinski definition) is 1. The zero-order valence-corrected chi connectivity index (χ0v) is 15.1. The number of anilines is 1. The summed E-state index contributed by atoms with van der Waals surface area (Å²) < 4.78 is 1.91. The lowest BCUT2D eigenvalue weighted by molar-refractivity contribution is 0.657. The molecule has 2 aromatic rings. The maximum atomic E-state index is 4.56. The predicted octanol–water partition coefficient (Wildman–Crippen LogP) is 3.47. The van der Waals surface area contributed by atoms with E-state index in [2.05, 4.69) is 73.5 Å². The minimum atomic E-state index is 0.465. The van der Waals surface area contributed by atoms with Gasteiger partial charge in [-0.2, -0.15) is 5.10 Å². The molecule has 0 atom stereocenters. The summed E-state index contributed by atoms with van der Waals surface area (Å²) in [7, 11) is 1.99. The number of benzene rings is 1. The molecule has 0 saturated heterocycles. The Balaban J connectivity index is 1.87. The molecule has 1 aromatic heterocycles. The largest absolute Gasteiger partial charge is 0.371 e. The van der Waals surface area contributed by atoms with Crippen LogP contribution in [0.1, 0.15) is 43.5 Å². The third-order valence-corrected chi connectivity index (χ3v) is 4.11. The number of rotatable bonds is 8. The molecule has 0 aliphatic heterocycles. The van der Waals surface area contributed by atoms with Crippen LogP contribution < -0.4 is 10.2 Å². The summed E-state index contributed by atoms with van der Waals surface area (Å²) in [5, 5.41) is 8.13. The SMILES string of the molecule is CCN(CCNCc1cn(C)nc1C(C)C)c1cccc(C)c1. The summed E-state index contributed by atoms with van der Waals surface area (Å²) in [6.07, 6.45) is 2.13. The Bertz CT molecular complexity index is 616. The van der Waals surface area contributed by atoms with Crippen LogP contribution in [0.4, 0.5) is 5.69 Å². The monoisotopic (exact) mass is 314 g/mol. The summed E-state index contributed by atoms with van der Waals surface area (Å²) in [5.41, 5.74) is 5.12. The van der Waals surface area contributed by atoms with Gasteiger partial charge in [-0.05, 0) is 37.5 Å². The van der Waals surface area contributed by atoms with E-state index in [0.717, 1.165) is 26.2 Å². The van der Waals surface area contributed by atoms with Gasteiger partial charge in [0, 0.05) is 50.7 Å². The van der Waals surface area contributed by atoms with Crippen LogP contribution in [0, 0.1) is 6.92 Å². The second kappa shape index (κ2) is 8.16. The summed E-state index contributed by atoms with van der Waals surface area (Å²) in [5.74, 6) is 0.465. The van der Waals surface area contributed by atoms with Crippen LogP contribution in [0.3, 0.4) is 0 Å². The van der Waals surface area contributed by atoms with E-state index in [1.54, 1.807) is 0 Å². The molecule has 1 aromatic carbocycles. The van der Waals surface area contributed by atoms with E-state index in [1.807, 2.05) is 11.7 Å². The molecule has 4 heteroatoms. The highest BCUT2D eigenvalue weighted by molar-refractivity contribution is 5.48. The summed E-state index contributed by atoms with van der Waals surface area (Å²) in [6.45, 7) is 12.6. The van der Waals surface area contributed by atoms with E-state index in [-0.39, 0.29) is 0 Å². The van der Waals surface area contributed by atoms with Crippen molar-refractivity contribution >= 4 is 5.69 Å². The first-order valence-corrected chi connectivity index (χ1v) is 8.56. The molecule has 0 saturated carbocycles. The van der Waals surface area contributed by atoms with E-state index in [0.29, 0.717) is 5.92 Å². The van der Waals surface area contributed by atoms with Crippen LogP contribution in [0.15, 0.2) is 30.5 Å². The van der Waals surface area contributed by atoms with E-state index in [9.17, 15) is 0 Å². The molecule has 4 nitrogen and oxygen atoms in total. The van der Waals surface area contributed by atoms with Gasteiger partial charge in [0.2, 0.25) is 0 Å². The van der Waals surface area contributed by atoms with Crippen molar-refractivity contribution in [3.05, 3.63) is 47.3 Å². The van der Waals surface area contributed by atoms with Gasteiger partial charge < -0.3 is 10.2 Å². The molecule has 0 bridgehead atoms. The number of nitrogens with one attached hydrogen (secondary N) is 1. The molecule has 0 fully saturated rings. The van der Waals surface area contributed by atoms with Crippen molar-refractivity contribution in [3.63, 3.8) is 0 Å². The van der Waals surface area contributed by atoms with Crippen LogP contribution in [-0.2, 0) is 13.6 Å². The number of nitrogens with zero attached hydrogens (tertiary/aromatic N) is 3. The van der Waals surface area contributed by atoms with E-state index in [4.69, 9.17) is 0 Å². The van der Waals surface area contributed by atoms with Crippen LogP contribution in [0.2, 0.25) is 0 Å². The first-order valence-electron chi connectivity index (χ1n) is 8.56. The molecule has 2 rings (SSSR count). The molecule has 0 aliphatic rings. The maximum absolute atomic E-state index is 4.56. The summed E-state index contributed by atoms with van der Waals surface area (Å²) >= 11 is 0. The van der Waals surface area contributed by atoms with Gasteiger partial charge in [-0.15, -0.1) is 0 Å². The lowest BCUT2D eigenvalue weighted by atomic mass is 10.1. The number of aromatic nitrogens is 2. The highest BCUT2D eigenvalue weighted by Gasteiger charge is 2.11. The van der Waals surface area contributed by atoms with Crippen LogP contribution in [0.25, 0.3) is 0 Å². The Labute approximate surface area is 140 Å². The summed E-state index contributed by atoms with van der Waals surface area (Å²) in [4.78, 5) is 2.41. The van der Waals surface area contributed by atoms with Gasteiger partial charge in [0.25, 0.3) is 0 Å². The standard InChI is InChI=1S/C19H30N4/c1-6-23(18-9-7-8-16(4)12-18)11-10-20-13-17-14-22(5)21-19(17)15(2)3/h7-9,12,14-15,20H,6,10-11,13H2,1-5H3. The van der Waals surface area contributed by atoms with Gasteiger partial charge in [-0.1, -0.05) is 26.0 Å². The van der Waals surface area contributed by atoms with Crippen molar-refractivity contribution in [1.82, 2.24) is 15.1 Å². The number of likely N-dealkylation sites (N-methyl/N-ethyl adjacent to an activating group) is 1. The van der Waals surface area contributed by atoms with E-state index >= 15 is 0 Å². The van der Waals surface area contributed by atoms with Gasteiger partial charge in [-0.25, -0.2) is 0 Å². The smallest absolute Gasteiger partial charge is 0.0694 e. The first kappa shape index (κ1) is 17.5. The lowest BCUT2D eigenvalue weighted by Crippen LogP contribution is -2.32. The Kier molecular flexibility index (Phi) is 6.22. The minimum absolute atomic E-state index is 0.465. The molecule has 0 radical (unpaired) electrons. The third kappa shape index (κ3) is 4.83. The quantitative estimate of drug-likeness (QED) is 0.757. The van der Waals surface area contributed by atoms with Crippen molar-refractivity contribution in [3.8, 4) is 0 Å². The van der Waals surface area contributed by atoms with Crippen molar-refractivity contribution in [2.45, 2.75) is 40.2 Å². The molecular formula is C19H30N4. The van der Waals surface area contributed by atoms with Crippen LogP contribution in [0.5, 0.6) is 0 Å². The van der Waals surface area contributed by atoms with Gasteiger partial charge in [-0.3, -0.25) is 4.68 Å². The fraction of sp³-hybridized carbons (Fsp3) is 0.526. The van der Waals surface area contributed by atoms with Gasteiger partial charge in [0.1, 0.15) is 0 Å². The molecular weight excluding hydrogens is 284 g/mol. The van der Waals surface area contributed by atoms with Crippen LogP contribution in [-0.4, -0.2) is 29.4 Å². The van der Waals surface area contributed by atoms with Crippen LogP contribution >= 0.6 is 0 Å². The normalized spacial score (nSPS) is 11.2. The fourth-order valence-electron chi connectivity index (χ4n) is 2.91. The Morgan fingerprint density at radius 3 is 2.74 bits per heavy atom. The van der Waals surface area contributed by atoms with Gasteiger partial charge in [0.15, 0.2) is 0 Å². The second-order valence-corrected chi connectivity index (χ2v) is 6.46. The molecule has 0 unspecified atom stereocenters. The zero-order chi connectivity index (χ0) is 16.8. The predicted molar refractivity (Wildman–Crippen MR) is 98.1 cm³/mol. The number of hydrogen-bond acceptors (Lipinski definition) is 3. The molecule has 126 valence electrons. The molecule has 0 spiro atoms.